The number of likely N-dealkylation sites (tertiary alicyclic amines) is 1. The summed E-state index contributed by atoms with van der Waals surface area (Å²) < 4.78 is 6.98. The Morgan fingerprint density at radius 2 is 2.00 bits per heavy atom. The molecule has 8 heteroatoms. The Bertz CT molecular complexity index is 1020. The van der Waals surface area contributed by atoms with Crippen molar-refractivity contribution in [2.75, 3.05) is 13.1 Å². The summed E-state index contributed by atoms with van der Waals surface area (Å²) in [6.45, 7) is 6.64. The lowest BCUT2D eigenvalue weighted by atomic mass is 10.0. The molecule has 154 valence electrons. The zero-order valence-corrected chi connectivity index (χ0v) is 17.1. The Balaban J connectivity index is 1.56. The van der Waals surface area contributed by atoms with Gasteiger partial charge in [-0.25, -0.2) is 9.78 Å². The number of nitrogens with zero attached hydrogens (tertiary/aromatic N) is 4. The maximum Gasteiger partial charge on any atom is 0.410 e. The summed E-state index contributed by atoms with van der Waals surface area (Å²) in [7, 11) is 0. The van der Waals surface area contributed by atoms with E-state index in [2.05, 4.69) is 4.98 Å². The van der Waals surface area contributed by atoms with Crippen LogP contribution in [0.2, 0.25) is 0 Å². The fourth-order valence-electron chi connectivity index (χ4n) is 4.01. The minimum Gasteiger partial charge on any atom is -0.444 e. The molecule has 0 radical (unpaired) electrons. The first-order chi connectivity index (χ1) is 13.7. The number of hydrogen-bond acceptors (Lipinski definition) is 5. The van der Waals surface area contributed by atoms with Crippen LogP contribution < -0.4 is 5.56 Å². The van der Waals surface area contributed by atoms with E-state index < -0.39 is 17.7 Å². The molecular weight excluding hydrogens is 372 g/mol. The Morgan fingerprint density at radius 3 is 2.76 bits per heavy atom. The molecule has 0 spiro atoms. The third-order valence-corrected chi connectivity index (χ3v) is 5.36. The Kier molecular flexibility index (Phi) is 4.80. The number of fused-ring (bicyclic) bond motifs is 2. The van der Waals surface area contributed by atoms with Crippen LogP contribution in [0.4, 0.5) is 4.79 Å². The average Bonchev–Trinajstić information content (AvgIpc) is 3.16. The van der Waals surface area contributed by atoms with Gasteiger partial charge in [-0.15, -0.1) is 0 Å². The van der Waals surface area contributed by atoms with Crippen molar-refractivity contribution in [1.29, 1.82) is 0 Å². The second kappa shape index (κ2) is 7.17. The lowest BCUT2D eigenvalue weighted by Gasteiger charge is -2.33. The molecule has 8 nitrogen and oxygen atoms in total. The molecule has 0 bridgehead atoms. The molecule has 2 aliphatic rings. The van der Waals surface area contributed by atoms with Gasteiger partial charge in [-0.2, -0.15) is 0 Å². The van der Waals surface area contributed by atoms with Crippen LogP contribution in [0.25, 0.3) is 5.65 Å². The second-order valence-electron chi connectivity index (χ2n) is 8.61. The SMILES string of the molecule is CC(C)(C)OC(=O)N1CCC[C@H]1C(=O)N1CCc2nc3ccccn3c(=O)c2C1. The highest BCUT2D eigenvalue weighted by molar-refractivity contribution is 5.86. The van der Waals surface area contributed by atoms with Crippen LogP contribution in [0.3, 0.4) is 0 Å². The normalized spacial score (nSPS) is 19.3. The number of carbonyl (C=O) groups excluding carboxylic acids is 2. The molecule has 4 rings (SSSR count). The lowest BCUT2D eigenvalue weighted by Crippen LogP contribution is -2.51. The predicted molar refractivity (Wildman–Crippen MR) is 107 cm³/mol. The van der Waals surface area contributed by atoms with Crippen molar-refractivity contribution in [3.63, 3.8) is 0 Å². The van der Waals surface area contributed by atoms with Crippen molar-refractivity contribution >= 4 is 17.6 Å². The van der Waals surface area contributed by atoms with E-state index in [1.165, 1.54) is 9.30 Å². The maximum absolute atomic E-state index is 13.2. The highest BCUT2D eigenvalue weighted by Crippen LogP contribution is 2.24. The lowest BCUT2D eigenvalue weighted by molar-refractivity contribution is -0.136. The number of rotatable bonds is 1. The fraction of sp³-hybridized carbons (Fsp3) is 0.524. The van der Waals surface area contributed by atoms with Crippen molar-refractivity contribution < 1.29 is 14.3 Å². The average molecular weight is 398 g/mol. The third kappa shape index (κ3) is 3.71. The van der Waals surface area contributed by atoms with Gasteiger partial charge in [-0.3, -0.25) is 18.9 Å². The Labute approximate surface area is 169 Å². The number of hydrogen-bond donors (Lipinski definition) is 0. The van der Waals surface area contributed by atoms with E-state index in [0.717, 1.165) is 12.1 Å². The minimum atomic E-state index is -0.612. The molecule has 0 aliphatic carbocycles. The van der Waals surface area contributed by atoms with Crippen molar-refractivity contribution in [3.8, 4) is 0 Å². The van der Waals surface area contributed by atoms with E-state index in [9.17, 15) is 14.4 Å². The summed E-state index contributed by atoms with van der Waals surface area (Å²) in [6, 6.07) is 4.89. The van der Waals surface area contributed by atoms with Crippen LogP contribution >= 0.6 is 0 Å². The number of pyridine rings is 1. The van der Waals surface area contributed by atoms with Crippen LogP contribution in [0.15, 0.2) is 29.2 Å². The van der Waals surface area contributed by atoms with Gasteiger partial charge in [0.15, 0.2) is 0 Å². The number of carbonyl (C=O) groups is 2. The first kappa shape index (κ1) is 19.4. The zero-order valence-electron chi connectivity index (χ0n) is 17.1. The van der Waals surface area contributed by atoms with Gasteiger partial charge in [0.05, 0.1) is 17.8 Å². The monoisotopic (exact) mass is 398 g/mol. The summed E-state index contributed by atoms with van der Waals surface area (Å²) in [5.74, 6) is -0.128. The molecule has 29 heavy (non-hydrogen) atoms. The Morgan fingerprint density at radius 1 is 1.21 bits per heavy atom. The topological polar surface area (TPSA) is 84.2 Å². The number of ether oxygens (including phenoxy) is 1. The smallest absolute Gasteiger partial charge is 0.410 e. The van der Waals surface area contributed by atoms with E-state index in [4.69, 9.17) is 4.74 Å². The summed E-state index contributed by atoms with van der Waals surface area (Å²) >= 11 is 0. The Hall–Kier alpha value is -2.90. The molecule has 2 aliphatic heterocycles. The molecule has 1 atom stereocenters. The summed E-state index contributed by atoms with van der Waals surface area (Å²) in [4.78, 5) is 46.4. The van der Waals surface area contributed by atoms with Crippen molar-refractivity contribution in [2.45, 2.75) is 58.2 Å². The summed E-state index contributed by atoms with van der Waals surface area (Å²) in [5.41, 5.74) is 1.16. The van der Waals surface area contributed by atoms with Crippen molar-refractivity contribution in [3.05, 3.63) is 46.0 Å². The van der Waals surface area contributed by atoms with Gasteiger partial charge in [-0.1, -0.05) is 6.07 Å². The molecular formula is C21H26N4O4. The van der Waals surface area contributed by atoms with E-state index in [-0.39, 0.29) is 18.0 Å². The van der Waals surface area contributed by atoms with Crippen molar-refractivity contribution in [1.82, 2.24) is 19.2 Å². The molecule has 0 aromatic carbocycles. The first-order valence-electron chi connectivity index (χ1n) is 10.0. The highest BCUT2D eigenvalue weighted by atomic mass is 16.6. The van der Waals surface area contributed by atoms with E-state index in [1.807, 2.05) is 26.8 Å². The molecule has 2 aromatic rings. The van der Waals surface area contributed by atoms with Gasteiger partial charge < -0.3 is 9.64 Å². The van der Waals surface area contributed by atoms with Crippen LogP contribution in [-0.4, -0.2) is 55.9 Å². The third-order valence-electron chi connectivity index (χ3n) is 5.36. The van der Waals surface area contributed by atoms with Crippen LogP contribution in [0.1, 0.15) is 44.9 Å². The largest absolute Gasteiger partial charge is 0.444 e. The van der Waals surface area contributed by atoms with Gasteiger partial charge >= 0.3 is 6.09 Å². The van der Waals surface area contributed by atoms with Crippen molar-refractivity contribution in [2.24, 2.45) is 0 Å². The molecule has 0 saturated carbocycles. The maximum atomic E-state index is 13.2. The minimum absolute atomic E-state index is 0.128. The predicted octanol–water partition coefficient (Wildman–Crippen LogP) is 1.98. The van der Waals surface area contributed by atoms with E-state index in [0.29, 0.717) is 37.1 Å². The quantitative estimate of drug-likeness (QED) is 0.733. The van der Waals surface area contributed by atoms with E-state index >= 15 is 0 Å². The molecule has 2 aromatic heterocycles. The van der Waals surface area contributed by atoms with E-state index in [1.54, 1.807) is 23.2 Å². The first-order valence-corrected chi connectivity index (χ1v) is 10.0. The number of aromatic nitrogens is 2. The fourth-order valence-corrected chi connectivity index (χ4v) is 4.01. The number of amides is 2. The zero-order chi connectivity index (χ0) is 20.8. The molecule has 1 saturated heterocycles. The molecule has 0 N–H and O–H groups in total. The van der Waals surface area contributed by atoms with Gasteiger partial charge in [0.2, 0.25) is 5.91 Å². The van der Waals surface area contributed by atoms with Gasteiger partial charge in [0.1, 0.15) is 17.3 Å². The standard InChI is InChI=1S/C21H26N4O4/c1-21(2,3)29-20(28)24-11-6-7-16(24)19(27)23-12-9-15-14(13-23)18(26)25-10-5-4-8-17(25)22-15/h4-5,8,10,16H,6-7,9,11-13H2,1-3H3/t16-/m0/s1. The second-order valence-corrected chi connectivity index (χ2v) is 8.61. The summed E-state index contributed by atoms with van der Waals surface area (Å²) in [6.07, 6.45) is 3.12. The van der Waals surface area contributed by atoms with Crippen LogP contribution in [-0.2, 0) is 22.5 Å². The van der Waals surface area contributed by atoms with Gasteiger partial charge in [0, 0.05) is 25.7 Å². The van der Waals surface area contributed by atoms with Gasteiger partial charge in [0.25, 0.3) is 5.56 Å². The molecule has 4 heterocycles. The van der Waals surface area contributed by atoms with Crippen LogP contribution in [0.5, 0.6) is 0 Å². The molecule has 0 unspecified atom stereocenters. The summed E-state index contributed by atoms with van der Waals surface area (Å²) in [5, 5.41) is 0. The molecule has 2 amide bonds. The molecule has 1 fully saturated rings. The van der Waals surface area contributed by atoms with Gasteiger partial charge in [-0.05, 0) is 45.7 Å². The highest BCUT2D eigenvalue weighted by Gasteiger charge is 2.39. The van der Waals surface area contributed by atoms with Crippen LogP contribution in [0, 0.1) is 0 Å².